The molecule has 0 aromatic heterocycles. The fourth-order valence-corrected chi connectivity index (χ4v) is 1.76. The van der Waals surface area contributed by atoms with Crippen molar-refractivity contribution < 1.29 is 0 Å². The van der Waals surface area contributed by atoms with Gasteiger partial charge in [-0.1, -0.05) is 31.4 Å². The highest BCUT2D eigenvalue weighted by Gasteiger charge is 2.12. The lowest BCUT2D eigenvalue weighted by Crippen LogP contribution is -2.44. The lowest BCUT2D eigenvalue weighted by Gasteiger charge is -2.32. The number of rotatable bonds is 5. The molecule has 1 saturated heterocycles. The van der Waals surface area contributed by atoms with E-state index in [9.17, 15) is 0 Å². The van der Waals surface area contributed by atoms with Gasteiger partial charge in [0.2, 0.25) is 0 Å². The van der Waals surface area contributed by atoms with Crippen molar-refractivity contribution in [2.24, 2.45) is 0 Å². The van der Waals surface area contributed by atoms with Crippen LogP contribution in [-0.2, 0) is 0 Å². The van der Waals surface area contributed by atoms with Gasteiger partial charge in [0.15, 0.2) is 0 Å². The molecular weight excluding hydrogens is 184 g/mol. The summed E-state index contributed by atoms with van der Waals surface area (Å²) in [6.07, 6.45) is 6.89. The van der Waals surface area contributed by atoms with Crippen molar-refractivity contribution in [3.63, 3.8) is 0 Å². The summed E-state index contributed by atoms with van der Waals surface area (Å²) in [4.78, 5) is 4.89. The predicted molar refractivity (Wildman–Crippen MR) is 67.0 cm³/mol. The molecule has 0 aromatic rings. The van der Waals surface area contributed by atoms with Gasteiger partial charge in [0.1, 0.15) is 0 Å². The van der Waals surface area contributed by atoms with Crippen LogP contribution in [0, 0.1) is 0 Å². The monoisotopic (exact) mass is 206 g/mol. The molecule has 1 rings (SSSR count). The Morgan fingerprint density at radius 1 is 1.20 bits per heavy atom. The van der Waals surface area contributed by atoms with Gasteiger partial charge in [-0.05, 0) is 19.0 Å². The summed E-state index contributed by atoms with van der Waals surface area (Å²) in [5.41, 5.74) is 1.28. The van der Waals surface area contributed by atoms with Gasteiger partial charge in [0.25, 0.3) is 0 Å². The van der Waals surface area contributed by atoms with Gasteiger partial charge in [-0.3, -0.25) is 0 Å². The van der Waals surface area contributed by atoms with Crippen molar-refractivity contribution in [1.29, 1.82) is 0 Å². The summed E-state index contributed by atoms with van der Waals surface area (Å²) in [6, 6.07) is 0. The van der Waals surface area contributed by atoms with Crippen LogP contribution in [0.3, 0.4) is 0 Å². The Kier molecular flexibility index (Phi) is 5.37. The minimum absolute atomic E-state index is 1.08. The summed E-state index contributed by atoms with van der Waals surface area (Å²) in [5.74, 6) is 0. The Bertz CT molecular complexity index is 235. The number of nitrogens with zero attached hydrogens (tertiary/aromatic N) is 2. The molecule has 1 aliphatic rings. The van der Waals surface area contributed by atoms with Gasteiger partial charge in [0, 0.05) is 32.7 Å². The second-order valence-corrected chi connectivity index (χ2v) is 4.08. The van der Waals surface area contributed by atoms with E-state index in [0.717, 1.165) is 13.0 Å². The van der Waals surface area contributed by atoms with E-state index < -0.39 is 0 Å². The molecule has 0 bridgehead atoms. The zero-order valence-corrected chi connectivity index (χ0v) is 9.78. The maximum absolute atomic E-state index is 3.81. The maximum Gasteiger partial charge on any atom is 0.0110 e. The second kappa shape index (κ2) is 6.59. The lowest BCUT2D eigenvalue weighted by molar-refractivity contribution is 0.155. The Morgan fingerprint density at radius 2 is 1.87 bits per heavy atom. The van der Waals surface area contributed by atoms with Crippen molar-refractivity contribution in [1.82, 2.24) is 9.80 Å². The average molecular weight is 206 g/mol. The molecule has 0 unspecified atom stereocenters. The third kappa shape index (κ3) is 4.45. The van der Waals surface area contributed by atoms with E-state index in [0.29, 0.717) is 0 Å². The highest BCUT2D eigenvalue weighted by Crippen LogP contribution is 2.06. The van der Waals surface area contributed by atoms with Crippen LogP contribution in [0.25, 0.3) is 0 Å². The highest BCUT2D eigenvalue weighted by atomic mass is 15.2. The Labute approximate surface area is 93.6 Å². The molecule has 0 spiro atoms. The molecule has 2 heteroatoms. The van der Waals surface area contributed by atoms with E-state index >= 15 is 0 Å². The molecule has 1 heterocycles. The maximum atomic E-state index is 3.81. The van der Waals surface area contributed by atoms with Gasteiger partial charge < -0.3 is 9.80 Å². The first-order chi connectivity index (χ1) is 7.26. The second-order valence-electron chi connectivity index (χ2n) is 4.08. The molecule has 0 amide bonds. The molecule has 1 fully saturated rings. The van der Waals surface area contributed by atoms with E-state index in [1.807, 2.05) is 18.2 Å². The van der Waals surface area contributed by atoms with Crippen LogP contribution >= 0.6 is 0 Å². The van der Waals surface area contributed by atoms with Crippen LogP contribution < -0.4 is 0 Å². The van der Waals surface area contributed by atoms with E-state index in [1.54, 1.807) is 0 Å². The van der Waals surface area contributed by atoms with E-state index in [1.165, 1.54) is 31.8 Å². The van der Waals surface area contributed by atoms with E-state index in [-0.39, 0.29) is 0 Å². The number of likely N-dealkylation sites (N-methyl/N-ethyl adjacent to an activating group) is 1. The lowest BCUT2D eigenvalue weighted by atomic mass is 10.1. The molecule has 1 aliphatic heterocycles. The summed E-state index contributed by atoms with van der Waals surface area (Å²) < 4.78 is 0. The van der Waals surface area contributed by atoms with E-state index in [2.05, 4.69) is 30.0 Å². The summed E-state index contributed by atoms with van der Waals surface area (Å²) in [6.45, 7) is 13.4. The van der Waals surface area contributed by atoms with Crippen LogP contribution in [0.1, 0.15) is 6.42 Å². The fourth-order valence-electron chi connectivity index (χ4n) is 1.76. The van der Waals surface area contributed by atoms with Crippen LogP contribution in [0.5, 0.6) is 0 Å². The first kappa shape index (κ1) is 12.2. The molecule has 0 radical (unpaired) electrons. The van der Waals surface area contributed by atoms with E-state index in [4.69, 9.17) is 0 Å². The fraction of sp³-hybridized carbons (Fsp3) is 0.538. The Morgan fingerprint density at radius 3 is 2.40 bits per heavy atom. The van der Waals surface area contributed by atoms with Crippen molar-refractivity contribution >= 4 is 0 Å². The van der Waals surface area contributed by atoms with Crippen LogP contribution in [0.4, 0.5) is 0 Å². The standard InChI is InChI=1S/C13H22N2/c1-4-6-13(5-2)7-8-15-11-9-14(3)10-12-15/h4-6H,1-2,7-12H2,3H3/b13-6+. The SMILES string of the molecule is C=C/C=C(\C=C)CCN1CCN(C)CC1. The normalized spacial score (nSPS) is 20.2. The van der Waals surface area contributed by atoms with Crippen molar-refractivity contribution in [2.45, 2.75) is 6.42 Å². The minimum atomic E-state index is 1.08. The number of allylic oxidation sites excluding steroid dienone is 3. The first-order valence-electron chi connectivity index (χ1n) is 5.61. The largest absolute Gasteiger partial charge is 0.304 e. The van der Waals surface area contributed by atoms with Crippen molar-refractivity contribution in [3.05, 3.63) is 37.0 Å². The minimum Gasteiger partial charge on any atom is -0.304 e. The Hall–Kier alpha value is -0.860. The van der Waals surface area contributed by atoms with Gasteiger partial charge in [-0.15, -0.1) is 0 Å². The molecule has 15 heavy (non-hydrogen) atoms. The first-order valence-corrected chi connectivity index (χ1v) is 5.61. The van der Waals surface area contributed by atoms with Crippen LogP contribution in [-0.4, -0.2) is 49.6 Å². The van der Waals surface area contributed by atoms with Crippen LogP contribution in [0.15, 0.2) is 37.0 Å². The topological polar surface area (TPSA) is 6.48 Å². The zero-order chi connectivity index (χ0) is 11.1. The highest BCUT2D eigenvalue weighted by molar-refractivity contribution is 5.21. The molecule has 0 aromatic carbocycles. The predicted octanol–water partition coefficient (Wildman–Crippen LogP) is 1.92. The third-order valence-electron chi connectivity index (χ3n) is 2.91. The number of piperazine rings is 1. The van der Waals surface area contributed by atoms with Crippen molar-refractivity contribution in [2.75, 3.05) is 39.8 Å². The molecule has 0 N–H and O–H groups in total. The van der Waals surface area contributed by atoms with Gasteiger partial charge in [0.05, 0.1) is 0 Å². The summed E-state index contributed by atoms with van der Waals surface area (Å²) in [7, 11) is 2.18. The zero-order valence-electron chi connectivity index (χ0n) is 9.78. The average Bonchev–Trinajstić information content (AvgIpc) is 2.26. The molecule has 0 atom stereocenters. The third-order valence-corrected chi connectivity index (χ3v) is 2.91. The number of hydrogen-bond donors (Lipinski definition) is 0. The van der Waals surface area contributed by atoms with Crippen LogP contribution in [0.2, 0.25) is 0 Å². The van der Waals surface area contributed by atoms with Crippen molar-refractivity contribution in [3.8, 4) is 0 Å². The number of hydrogen-bond acceptors (Lipinski definition) is 2. The summed E-state index contributed by atoms with van der Waals surface area (Å²) >= 11 is 0. The van der Waals surface area contributed by atoms with Gasteiger partial charge in [-0.2, -0.15) is 0 Å². The Balaban J connectivity index is 2.27. The van der Waals surface area contributed by atoms with Gasteiger partial charge >= 0.3 is 0 Å². The summed E-state index contributed by atoms with van der Waals surface area (Å²) in [5, 5.41) is 0. The molecule has 0 aliphatic carbocycles. The quantitative estimate of drug-likeness (QED) is 0.634. The molecule has 0 saturated carbocycles. The van der Waals surface area contributed by atoms with Gasteiger partial charge in [-0.25, -0.2) is 0 Å². The smallest absolute Gasteiger partial charge is 0.0110 e. The molecule has 2 nitrogen and oxygen atoms in total. The molecular formula is C13H22N2. The molecule has 84 valence electrons.